The second-order valence-corrected chi connectivity index (χ2v) is 4.40. The van der Waals surface area contributed by atoms with E-state index in [1.54, 1.807) is 12.1 Å². The number of fused-ring (bicyclic) bond motifs is 1. The standard InChI is InChI=1S/C14H13N3O2/c1-9-6-12(19-17-9)8-16-14(18)11-3-2-10-4-5-15-13(10)7-11/h2-7,15H,8H2,1H3,(H,16,18). The molecule has 0 saturated carbocycles. The van der Waals surface area contributed by atoms with E-state index in [0.717, 1.165) is 16.6 Å². The van der Waals surface area contributed by atoms with Gasteiger partial charge in [0.1, 0.15) is 0 Å². The monoisotopic (exact) mass is 255 g/mol. The smallest absolute Gasteiger partial charge is 0.251 e. The van der Waals surface area contributed by atoms with Crippen LogP contribution in [0.25, 0.3) is 10.9 Å². The Hall–Kier alpha value is -2.56. The fourth-order valence-electron chi connectivity index (χ4n) is 1.96. The molecule has 2 N–H and O–H groups in total. The number of aromatic nitrogens is 2. The van der Waals surface area contributed by atoms with Crippen LogP contribution in [0, 0.1) is 6.92 Å². The lowest BCUT2D eigenvalue weighted by Gasteiger charge is -2.03. The van der Waals surface area contributed by atoms with E-state index >= 15 is 0 Å². The van der Waals surface area contributed by atoms with Crippen molar-refractivity contribution in [2.75, 3.05) is 0 Å². The fraction of sp³-hybridized carbons (Fsp3) is 0.143. The number of hydrogen-bond donors (Lipinski definition) is 2. The average molecular weight is 255 g/mol. The van der Waals surface area contributed by atoms with E-state index in [0.29, 0.717) is 17.9 Å². The highest BCUT2D eigenvalue weighted by Crippen LogP contribution is 2.14. The first-order valence-electron chi connectivity index (χ1n) is 6.00. The molecule has 5 nitrogen and oxygen atoms in total. The van der Waals surface area contributed by atoms with Crippen molar-refractivity contribution in [1.29, 1.82) is 0 Å². The lowest BCUT2D eigenvalue weighted by atomic mass is 10.1. The first kappa shape index (κ1) is 11.5. The molecule has 0 bridgehead atoms. The van der Waals surface area contributed by atoms with Crippen LogP contribution in [0.5, 0.6) is 0 Å². The number of aromatic amines is 1. The Morgan fingerprint density at radius 3 is 3.05 bits per heavy atom. The summed E-state index contributed by atoms with van der Waals surface area (Å²) < 4.78 is 5.04. The number of nitrogens with zero attached hydrogens (tertiary/aromatic N) is 1. The normalized spacial score (nSPS) is 10.8. The zero-order valence-electron chi connectivity index (χ0n) is 10.4. The van der Waals surface area contributed by atoms with Crippen LogP contribution in [0.4, 0.5) is 0 Å². The number of rotatable bonds is 3. The molecular formula is C14H13N3O2. The number of hydrogen-bond acceptors (Lipinski definition) is 3. The third kappa shape index (κ3) is 2.35. The summed E-state index contributed by atoms with van der Waals surface area (Å²) in [6.45, 7) is 2.18. The van der Waals surface area contributed by atoms with Crippen LogP contribution >= 0.6 is 0 Å². The first-order valence-corrected chi connectivity index (χ1v) is 6.00. The molecule has 0 aliphatic carbocycles. The van der Waals surface area contributed by atoms with Gasteiger partial charge in [-0.1, -0.05) is 11.2 Å². The van der Waals surface area contributed by atoms with Crippen molar-refractivity contribution in [2.24, 2.45) is 0 Å². The predicted molar refractivity (Wildman–Crippen MR) is 70.7 cm³/mol. The Bertz CT molecular complexity index is 727. The van der Waals surface area contributed by atoms with Crippen LogP contribution in [0.2, 0.25) is 0 Å². The van der Waals surface area contributed by atoms with Gasteiger partial charge in [-0.3, -0.25) is 4.79 Å². The third-order valence-corrected chi connectivity index (χ3v) is 2.92. The summed E-state index contributed by atoms with van der Waals surface area (Å²) in [5.74, 6) is 0.511. The molecule has 0 atom stereocenters. The molecule has 2 heterocycles. The number of benzene rings is 1. The van der Waals surface area contributed by atoms with Crippen LogP contribution in [-0.2, 0) is 6.54 Å². The van der Waals surface area contributed by atoms with Gasteiger partial charge in [0.05, 0.1) is 12.2 Å². The summed E-state index contributed by atoms with van der Waals surface area (Å²) in [6, 6.07) is 9.32. The molecule has 0 aliphatic rings. The topological polar surface area (TPSA) is 70.9 Å². The number of nitrogens with one attached hydrogen (secondary N) is 2. The van der Waals surface area contributed by atoms with Crippen LogP contribution in [-0.4, -0.2) is 16.0 Å². The maximum atomic E-state index is 12.0. The minimum Gasteiger partial charge on any atom is -0.361 e. The second kappa shape index (κ2) is 4.61. The van der Waals surface area contributed by atoms with Crippen molar-refractivity contribution < 1.29 is 9.32 Å². The van der Waals surface area contributed by atoms with Gasteiger partial charge in [-0.05, 0) is 30.5 Å². The van der Waals surface area contributed by atoms with E-state index in [4.69, 9.17) is 4.52 Å². The first-order chi connectivity index (χ1) is 9.22. The van der Waals surface area contributed by atoms with Crippen molar-refractivity contribution in [3.8, 4) is 0 Å². The van der Waals surface area contributed by atoms with Crippen molar-refractivity contribution in [2.45, 2.75) is 13.5 Å². The van der Waals surface area contributed by atoms with E-state index in [2.05, 4.69) is 15.5 Å². The minimum absolute atomic E-state index is 0.134. The number of amides is 1. The van der Waals surface area contributed by atoms with Crippen molar-refractivity contribution in [1.82, 2.24) is 15.5 Å². The molecule has 5 heteroatoms. The van der Waals surface area contributed by atoms with Gasteiger partial charge in [0.2, 0.25) is 0 Å². The van der Waals surface area contributed by atoms with Crippen LogP contribution < -0.4 is 5.32 Å². The van der Waals surface area contributed by atoms with Gasteiger partial charge in [0.25, 0.3) is 5.91 Å². The van der Waals surface area contributed by atoms with Crippen LogP contribution in [0.3, 0.4) is 0 Å². The molecule has 3 rings (SSSR count). The van der Waals surface area contributed by atoms with E-state index in [9.17, 15) is 4.79 Å². The quantitative estimate of drug-likeness (QED) is 0.755. The number of aryl methyl sites for hydroxylation is 1. The fourth-order valence-corrected chi connectivity index (χ4v) is 1.96. The van der Waals surface area contributed by atoms with Gasteiger partial charge in [0.15, 0.2) is 5.76 Å². The molecule has 0 radical (unpaired) electrons. The van der Waals surface area contributed by atoms with E-state index < -0.39 is 0 Å². The molecule has 96 valence electrons. The molecule has 2 aromatic heterocycles. The largest absolute Gasteiger partial charge is 0.361 e. The highest BCUT2D eigenvalue weighted by atomic mass is 16.5. The Labute approximate surface area is 109 Å². The van der Waals surface area contributed by atoms with Crippen LogP contribution in [0.15, 0.2) is 41.1 Å². The summed E-state index contributed by atoms with van der Waals surface area (Å²) in [5.41, 5.74) is 2.37. The van der Waals surface area contributed by atoms with Crippen molar-refractivity contribution >= 4 is 16.8 Å². The SMILES string of the molecule is Cc1cc(CNC(=O)c2ccc3cc[nH]c3c2)on1. The maximum absolute atomic E-state index is 12.0. The molecular weight excluding hydrogens is 242 g/mol. The molecule has 0 fully saturated rings. The molecule has 1 aromatic carbocycles. The lowest BCUT2D eigenvalue weighted by molar-refractivity contribution is 0.0947. The van der Waals surface area contributed by atoms with Gasteiger partial charge in [-0.15, -0.1) is 0 Å². The summed E-state index contributed by atoms with van der Waals surface area (Å²) in [6.07, 6.45) is 1.85. The van der Waals surface area contributed by atoms with Gasteiger partial charge in [-0.25, -0.2) is 0 Å². The minimum atomic E-state index is -0.134. The molecule has 0 unspecified atom stereocenters. The summed E-state index contributed by atoms with van der Waals surface area (Å²) in [5, 5.41) is 7.65. The highest BCUT2D eigenvalue weighted by molar-refractivity contribution is 5.97. The third-order valence-electron chi connectivity index (χ3n) is 2.92. The Balaban J connectivity index is 1.72. The predicted octanol–water partition coefficient (Wildman–Crippen LogP) is 2.39. The Morgan fingerprint density at radius 2 is 2.26 bits per heavy atom. The molecule has 0 saturated heterocycles. The number of carbonyl (C=O) groups excluding carboxylic acids is 1. The molecule has 1 amide bonds. The molecule has 19 heavy (non-hydrogen) atoms. The zero-order chi connectivity index (χ0) is 13.2. The van der Waals surface area contributed by atoms with Gasteiger partial charge < -0.3 is 14.8 Å². The Morgan fingerprint density at radius 1 is 1.37 bits per heavy atom. The molecule has 0 spiro atoms. The van der Waals surface area contributed by atoms with Gasteiger partial charge in [0, 0.05) is 23.3 Å². The zero-order valence-corrected chi connectivity index (χ0v) is 10.4. The van der Waals surface area contributed by atoms with E-state index in [-0.39, 0.29) is 5.91 Å². The van der Waals surface area contributed by atoms with Crippen LogP contribution in [0.1, 0.15) is 21.8 Å². The van der Waals surface area contributed by atoms with E-state index in [1.165, 1.54) is 0 Å². The summed E-state index contributed by atoms with van der Waals surface area (Å²) in [7, 11) is 0. The maximum Gasteiger partial charge on any atom is 0.251 e. The van der Waals surface area contributed by atoms with Crippen molar-refractivity contribution in [3.63, 3.8) is 0 Å². The molecule has 0 aliphatic heterocycles. The average Bonchev–Trinajstić information content (AvgIpc) is 3.03. The Kier molecular flexibility index (Phi) is 2.79. The van der Waals surface area contributed by atoms with E-state index in [1.807, 2.05) is 31.3 Å². The second-order valence-electron chi connectivity index (χ2n) is 4.40. The number of carbonyl (C=O) groups is 1. The number of H-pyrrole nitrogens is 1. The van der Waals surface area contributed by atoms with Gasteiger partial charge in [-0.2, -0.15) is 0 Å². The summed E-state index contributed by atoms with van der Waals surface area (Å²) >= 11 is 0. The highest BCUT2D eigenvalue weighted by Gasteiger charge is 2.08. The van der Waals surface area contributed by atoms with Crippen molar-refractivity contribution in [3.05, 3.63) is 53.5 Å². The lowest BCUT2D eigenvalue weighted by Crippen LogP contribution is -2.22. The summed E-state index contributed by atoms with van der Waals surface area (Å²) in [4.78, 5) is 15.1. The van der Waals surface area contributed by atoms with Gasteiger partial charge >= 0.3 is 0 Å². The molecule has 3 aromatic rings.